The summed E-state index contributed by atoms with van der Waals surface area (Å²) < 4.78 is 5.14. The van der Waals surface area contributed by atoms with E-state index in [4.69, 9.17) is 10.5 Å². The van der Waals surface area contributed by atoms with Crippen molar-refractivity contribution in [3.8, 4) is 0 Å². The van der Waals surface area contributed by atoms with Crippen LogP contribution in [-0.2, 0) is 24.3 Å². The van der Waals surface area contributed by atoms with Gasteiger partial charge in [-0.1, -0.05) is 29.8 Å². The normalized spacial score (nSPS) is 10.8. The maximum absolute atomic E-state index is 5.72. The third-order valence-electron chi connectivity index (χ3n) is 2.76. The van der Waals surface area contributed by atoms with Crippen molar-refractivity contribution < 1.29 is 4.74 Å². The number of nitrogens with zero attached hydrogens (tertiary/aromatic N) is 1. The smallest absolute Gasteiger partial charge is 0.0976 e. The summed E-state index contributed by atoms with van der Waals surface area (Å²) in [5.74, 6) is 0. The van der Waals surface area contributed by atoms with E-state index in [1.165, 1.54) is 11.1 Å². The number of hydrogen-bond acceptors (Lipinski definition) is 4. The van der Waals surface area contributed by atoms with Crippen LogP contribution < -0.4 is 5.73 Å². The predicted octanol–water partition coefficient (Wildman–Crippen LogP) is 2.65. The van der Waals surface area contributed by atoms with Gasteiger partial charge in [0.2, 0.25) is 0 Å². The monoisotopic (exact) mass is 262 g/mol. The number of benzene rings is 1. The standard InChI is InChI=1S/C14H18N2OS/c1-10-3-5-11(6-4-10)7-14-16-12(9-17-2)13(8-15)18-14/h3-6H,7-9,15H2,1-2H3. The number of aromatic nitrogens is 1. The fraction of sp³-hybridized carbons (Fsp3) is 0.357. The van der Waals surface area contributed by atoms with Crippen molar-refractivity contribution in [2.45, 2.75) is 26.5 Å². The second kappa shape index (κ2) is 6.09. The maximum atomic E-state index is 5.72. The summed E-state index contributed by atoms with van der Waals surface area (Å²) in [4.78, 5) is 5.73. The van der Waals surface area contributed by atoms with E-state index in [0.717, 1.165) is 22.0 Å². The van der Waals surface area contributed by atoms with Crippen LogP contribution in [0.15, 0.2) is 24.3 Å². The molecule has 0 saturated carbocycles. The topological polar surface area (TPSA) is 48.1 Å². The quantitative estimate of drug-likeness (QED) is 0.901. The number of aryl methyl sites for hydroxylation is 1. The molecule has 1 aromatic carbocycles. The highest BCUT2D eigenvalue weighted by Gasteiger charge is 2.10. The van der Waals surface area contributed by atoms with Gasteiger partial charge < -0.3 is 10.5 Å². The molecule has 0 amide bonds. The van der Waals surface area contributed by atoms with Gasteiger partial charge in [0, 0.05) is 25.0 Å². The van der Waals surface area contributed by atoms with E-state index in [-0.39, 0.29) is 0 Å². The van der Waals surface area contributed by atoms with E-state index in [1.54, 1.807) is 18.4 Å². The van der Waals surface area contributed by atoms with Crippen LogP contribution in [0.4, 0.5) is 0 Å². The Morgan fingerprint density at radius 3 is 2.61 bits per heavy atom. The van der Waals surface area contributed by atoms with Crippen molar-refractivity contribution in [3.05, 3.63) is 51.0 Å². The van der Waals surface area contributed by atoms with E-state index in [9.17, 15) is 0 Å². The Labute approximate surface area is 112 Å². The molecule has 1 heterocycles. The molecule has 3 nitrogen and oxygen atoms in total. The molecule has 0 saturated heterocycles. The zero-order valence-corrected chi connectivity index (χ0v) is 11.6. The Balaban J connectivity index is 2.16. The number of methoxy groups -OCH3 is 1. The van der Waals surface area contributed by atoms with Gasteiger partial charge in [-0.2, -0.15) is 0 Å². The molecule has 0 spiro atoms. The lowest BCUT2D eigenvalue weighted by Gasteiger charge is -1.98. The average molecular weight is 262 g/mol. The van der Waals surface area contributed by atoms with Gasteiger partial charge in [-0.25, -0.2) is 4.98 Å². The Morgan fingerprint density at radius 2 is 2.00 bits per heavy atom. The molecule has 0 fully saturated rings. The molecule has 2 N–H and O–H groups in total. The summed E-state index contributed by atoms with van der Waals surface area (Å²) in [5, 5.41) is 1.10. The van der Waals surface area contributed by atoms with Crippen LogP contribution in [0.2, 0.25) is 0 Å². The second-order valence-electron chi connectivity index (χ2n) is 4.28. The van der Waals surface area contributed by atoms with E-state index < -0.39 is 0 Å². The highest BCUT2D eigenvalue weighted by molar-refractivity contribution is 7.11. The molecule has 2 rings (SSSR count). The van der Waals surface area contributed by atoms with E-state index >= 15 is 0 Å². The summed E-state index contributed by atoms with van der Waals surface area (Å²) in [5.41, 5.74) is 9.26. The van der Waals surface area contributed by atoms with Gasteiger partial charge in [0.15, 0.2) is 0 Å². The molecular formula is C14H18N2OS. The maximum Gasteiger partial charge on any atom is 0.0976 e. The minimum atomic E-state index is 0.532. The van der Waals surface area contributed by atoms with Crippen molar-refractivity contribution in [2.24, 2.45) is 5.73 Å². The van der Waals surface area contributed by atoms with Gasteiger partial charge >= 0.3 is 0 Å². The Hall–Kier alpha value is -1.23. The lowest BCUT2D eigenvalue weighted by Crippen LogP contribution is -1.99. The van der Waals surface area contributed by atoms with Gasteiger partial charge in [0.25, 0.3) is 0 Å². The third-order valence-corrected chi connectivity index (χ3v) is 3.88. The van der Waals surface area contributed by atoms with Gasteiger partial charge in [0.05, 0.1) is 17.3 Å². The van der Waals surface area contributed by atoms with Gasteiger partial charge in [0.1, 0.15) is 0 Å². The van der Waals surface area contributed by atoms with E-state index in [0.29, 0.717) is 13.2 Å². The van der Waals surface area contributed by atoms with Crippen molar-refractivity contribution in [2.75, 3.05) is 7.11 Å². The second-order valence-corrected chi connectivity index (χ2v) is 5.45. The Kier molecular flexibility index (Phi) is 4.47. The Bertz CT molecular complexity index is 505. The van der Waals surface area contributed by atoms with Crippen LogP contribution >= 0.6 is 11.3 Å². The summed E-state index contributed by atoms with van der Waals surface area (Å²) in [6.07, 6.45) is 0.863. The first-order valence-corrected chi connectivity index (χ1v) is 6.76. The molecule has 0 aliphatic rings. The van der Waals surface area contributed by atoms with E-state index in [1.807, 2.05) is 0 Å². The highest BCUT2D eigenvalue weighted by Crippen LogP contribution is 2.21. The van der Waals surface area contributed by atoms with Crippen LogP contribution in [0.1, 0.15) is 26.7 Å². The first-order chi connectivity index (χ1) is 8.72. The number of hydrogen-bond donors (Lipinski definition) is 1. The lowest BCUT2D eigenvalue weighted by atomic mass is 10.1. The Morgan fingerprint density at radius 1 is 1.28 bits per heavy atom. The van der Waals surface area contributed by atoms with Gasteiger partial charge in [-0.05, 0) is 12.5 Å². The van der Waals surface area contributed by atoms with Crippen molar-refractivity contribution in [1.82, 2.24) is 4.98 Å². The summed E-state index contributed by atoms with van der Waals surface area (Å²) in [6, 6.07) is 8.55. The molecule has 0 atom stereocenters. The number of rotatable bonds is 5. The number of ether oxygens (including phenoxy) is 1. The molecule has 0 aliphatic heterocycles. The largest absolute Gasteiger partial charge is 0.378 e. The zero-order chi connectivity index (χ0) is 13.0. The van der Waals surface area contributed by atoms with Crippen LogP contribution in [0, 0.1) is 6.92 Å². The van der Waals surface area contributed by atoms with Crippen LogP contribution in [0.25, 0.3) is 0 Å². The minimum absolute atomic E-state index is 0.532. The van der Waals surface area contributed by atoms with Crippen LogP contribution in [-0.4, -0.2) is 12.1 Å². The summed E-state index contributed by atoms with van der Waals surface area (Å²) in [6.45, 7) is 3.16. The lowest BCUT2D eigenvalue weighted by molar-refractivity contribution is 0.181. The first kappa shape index (κ1) is 13.2. The fourth-order valence-corrected chi connectivity index (χ4v) is 2.79. The zero-order valence-electron chi connectivity index (χ0n) is 10.8. The molecule has 1 aromatic heterocycles. The molecule has 96 valence electrons. The molecule has 0 unspecified atom stereocenters. The SMILES string of the molecule is COCc1nc(Cc2ccc(C)cc2)sc1CN. The van der Waals surface area contributed by atoms with Gasteiger partial charge in [-0.3, -0.25) is 0 Å². The molecule has 18 heavy (non-hydrogen) atoms. The molecule has 4 heteroatoms. The fourth-order valence-electron chi connectivity index (χ4n) is 1.80. The van der Waals surface area contributed by atoms with Crippen LogP contribution in [0.5, 0.6) is 0 Å². The molecule has 2 aromatic rings. The minimum Gasteiger partial charge on any atom is -0.378 e. The summed E-state index contributed by atoms with van der Waals surface area (Å²) >= 11 is 1.68. The molecule has 0 aliphatic carbocycles. The average Bonchev–Trinajstić information content (AvgIpc) is 2.75. The van der Waals surface area contributed by atoms with Crippen molar-refractivity contribution in [1.29, 1.82) is 0 Å². The number of nitrogens with two attached hydrogens (primary N) is 1. The van der Waals surface area contributed by atoms with Crippen LogP contribution in [0.3, 0.4) is 0 Å². The molecular weight excluding hydrogens is 244 g/mol. The first-order valence-electron chi connectivity index (χ1n) is 5.95. The predicted molar refractivity (Wildman–Crippen MR) is 74.7 cm³/mol. The molecule has 0 radical (unpaired) electrons. The van der Waals surface area contributed by atoms with Crippen molar-refractivity contribution in [3.63, 3.8) is 0 Å². The third kappa shape index (κ3) is 3.16. The van der Waals surface area contributed by atoms with Gasteiger partial charge in [-0.15, -0.1) is 11.3 Å². The van der Waals surface area contributed by atoms with E-state index in [2.05, 4.69) is 36.2 Å². The highest BCUT2D eigenvalue weighted by atomic mass is 32.1. The summed E-state index contributed by atoms with van der Waals surface area (Å²) in [7, 11) is 1.68. The van der Waals surface area contributed by atoms with Crippen molar-refractivity contribution >= 4 is 11.3 Å². The number of thiazole rings is 1. The molecule has 0 bridgehead atoms.